The van der Waals surface area contributed by atoms with Crippen LogP contribution in [0.5, 0.6) is 5.75 Å². The number of nitrogens with two attached hydrogens (primary N) is 1. The molecule has 0 aromatic heterocycles. The van der Waals surface area contributed by atoms with Crippen LogP contribution in [0.25, 0.3) is 0 Å². The molecule has 0 spiro atoms. The first-order chi connectivity index (χ1) is 10.6. The molecule has 5 heteroatoms. The van der Waals surface area contributed by atoms with Crippen LogP contribution in [0, 0.1) is 0 Å². The SMILES string of the molecule is CCOC(=O)C(N)C1(Nc2ccc(OC)cc2)CCCCC1. The third-order valence-corrected chi connectivity index (χ3v) is 4.36. The van der Waals surface area contributed by atoms with Crippen molar-refractivity contribution in [2.75, 3.05) is 19.0 Å². The van der Waals surface area contributed by atoms with Gasteiger partial charge in [0.15, 0.2) is 0 Å². The van der Waals surface area contributed by atoms with Crippen molar-refractivity contribution in [3.8, 4) is 5.75 Å². The minimum atomic E-state index is -0.658. The Morgan fingerprint density at radius 3 is 2.45 bits per heavy atom. The van der Waals surface area contributed by atoms with E-state index in [1.165, 1.54) is 6.42 Å². The van der Waals surface area contributed by atoms with E-state index in [0.29, 0.717) is 6.61 Å². The molecule has 122 valence electrons. The zero-order valence-electron chi connectivity index (χ0n) is 13.4. The normalized spacial score (nSPS) is 18.3. The van der Waals surface area contributed by atoms with Crippen molar-refractivity contribution in [3.63, 3.8) is 0 Å². The third-order valence-electron chi connectivity index (χ3n) is 4.36. The fourth-order valence-corrected chi connectivity index (χ4v) is 3.12. The van der Waals surface area contributed by atoms with E-state index >= 15 is 0 Å². The van der Waals surface area contributed by atoms with E-state index < -0.39 is 11.6 Å². The molecule has 1 aliphatic carbocycles. The second-order valence-corrected chi connectivity index (χ2v) is 5.80. The van der Waals surface area contributed by atoms with Crippen LogP contribution in [-0.2, 0) is 9.53 Å². The molecule has 1 fully saturated rings. The summed E-state index contributed by atoms with van der Waals surface area (Å²) >= 11 is 0. The van der Waals surface area contributed by atoms with Crippen LogP contribution in [0.15, 0.2) is 24.3 Å². The van der Waals surface area contributed by atoms with E-state index in [-0.39, 0.29) is 5.97 Å². The van der Waals surface area contributed by atoms with Crippen molar-refractivity contribution >= 4 is 11.7 Å². The van der Waals surface area contributed by atoms with Crippen LogP contribution in [0.1, 0.15) is 39.0 Å². The highest BCUT2D eigenvalue weighted by Gasteiger charge is 2.42. The van der Waals surface area contributed by atoms with Gasteiger partial charge in [-0.05, 0) is 44.0 Å². The maximum absolute atomic E-state index is 12.1. The summed E-state index contributed by atoms with van der Waals surface area (Å²) in [5, 5.41) is 3.50. The lowest BCUT2D eigenvalue weighted by atomic mass is 9.76. The monoisotopic (exact) mass is 306 g/mol. The maximum Gasteiger partial charge on any atom is 0.325 e. The average Bonchev–Trinajstić information content (AvgIpc) is 2.56. The van der Waals surface area contributed by atoms with E-state index in [4.69, 9.17) is 15.2 Å². The number of carbonyl (C=O) groups is 1. The van der Waals surface area contributed by atoms with Gasteiger partial charge in [-0.15, -0.1) is 0 Å². The van der Waals surface area contributed by atoms with Gasteiger partial charge in [0.05, 0.1) is 19.3 Å². The van der Waals surface area contributed by atoms with E-state index in [2.05, 4.69) is 5.32 Å². The Kier molecular flexibility index (Phi) is 5.66. The van der Waals surface area contributed by atoms with E-state index in [9.17, 15) is 4.79 Å². The maximum atomic E-state index is 12.1. The molecule has 0 heterocycles. The highest BCUT2D eigenvalue weighted by molar-refractivity contribution is 5.78. The molecular formula is C17H26N2O3. The van der Waals surface area contributed by atoms with Crippen molar-refractivity contribution in [1.82, 2.24) is 0 Å². The summed E-state index contributed by atoms with van der Waals surface area (Å²) in [6.07, 6.45) is 5.06. The Morgan fingerprint density at radius 1 is 1.27 bits per heavy atom. The van der Waals surface area contributed by atoms with Crippen LogP contribution in [-0.4, -0.2) is 31.3 Å². The highest BCUT2D eigenvalue weighted by atomic mass is 16.5. The quantitative estimate of drug-likeness (QED) is 0.791. The minimum absolute atomic E-state index is 0.328. The summed E-state index contributed by atoms with van der Waals surface area (Å²) in [7, 11) is 1.64. The van der Waals surface area contributed by atoms with Crippen LogP contribution in [0.2, 0.25) is 0 Å². The molecule has 5 nitrogen and oxygen atoms in total. The molecule has 1 aromatic rings. The fourth-order valence-electron chi connectivity index (χ4n) is 3.12. The predicted molar refractivity (Wildman–Crippen MR) is 87.0 cm³/mol. The number of hydrogen-bond donors (Lipinski definition) is 2. The number of ether oxygens (including phenoxy) is 2. The summed E-state index contributed by atoms with van der Waals surface area (Å²) in [6.45, 7) is 2.15. The van der Waals surface area contributed by atoms with E-state index in [0.717, 1.165) is 37.1 Å². The van der Waals surface area contributed by atoms with Gasteiger partial charge in [-0.1, -0.05) is 19.3 Å². The molecule has 3 N–H and O–H groups in total. The van der Waals surface area contributed by atoms with Gasteiger partial charge in [-0.3, -0.25) is 4.79 Å². The van der Waals surface area contributed by atoms with Crippen LogP contribution >= 0.6 is 0 Å². The molecule has 1 aliphatic rings. The first-order valence-electron chi connectivity index (χ1n) is 7.96. The Labute approximate surface area is 132 Å². The zero-order chi connectivity index (χ0) is 16.0. The summed E-state index contributed by atoms with van der Waals surface area (Å²) in [5.74, 6) is 0.475. The van der Waals surface area contributed by atoms with Crippen LogP contribution < -0.4 is 15.8 Å². The van der Waals surface area contributed by atoms with Crippen molar-refractivity contribution in [2.24, 2.45) is 5.73 Å². The molecule has 1 saturated carbocycles. The summed E-state index contributed by atoms with van der Waals surface area (Å²) in [5.41, 5.74) is 6.77. The predicted octanol–water partition coefficient (Wildman–Crippen LogP) is 2.70. The van der Waals surface area contributed by atoms with Crippen molar-refractivity contribution < 1.29 is 14.3 Å². The molecule has 0 radical (unpaired) electrons. The van der Waals surface area contributed by atoms with Gasteiger partial charge in [0.25, 0.3) is 0 Å². The second kappa shape index (κ2) is 7.49. The Bertz CT molecular complexity index is 481. The van der Waals surface area contributed by atoms with Gasteiger partial charge in [0.1, 0.15) is 11.8 Å². The number of benzene rings is 1. The smallest absolute Gasteiger partial charge is 0.325 e. The largest absolute Gasteiger partial charge is 0.497 e. The molecule has 0 amide bonds. The summed E-state index contributed by atoms with van der Waals surface area (Å²) in [4.78, 5) is 12.1. The van der Waals surface area contributed by atoms with Gasteiger partial charge in [0.2, 0.25) is 0 Å². The third kappa shape index (κ3) is 3.71. The number of methoxy groups -OCH3 is 1. The summed E-state index contributed by atoms with van der Waals surface area (Å²) < 4.78 is 10.3. The zero-order valence-corrected chi connectivity index (χ0v) is 13.4. The lowest BCUT2D eigenvalue weighted by Crippen LogP contribution is -2.59. The Hall–Kier alpha value is -1.75. The summed E-state index contributed by atoms with van der Waals surface area (Å²) in [6, 6.07) is 7.04. The Morgan fingerprint density at radius 2 is 1.91 bits per heavy atom. The topological polar surface area (TPSA) is 73.6 Å². The van der Waals surface area contributed by atoms with Gasteiger partial charge in [0, 0.05) is 5.69 Å². The number of rotatable bonds is 6. The van der Waals surface area contributed by atoms with Crippen molar-refractivity contribution in [2.45, 2.75) is 50.6 Å². The van der Waals surface area contributed by atoms with E-state index in [1.807, 2.05) is 24.3 Å². The average molecular weight is 306 g/mol. The molecule has 1 aromatic carbocycles. The molecule has 0 aliphatic heterocycles. The number of nitrogens with one attached hydrogen (secondary N) is 1. The van der Waals surface area contributed by atoms with Crippen LogP contribution in [0.4, 0.5) is 5.69 Å². The molecule has 2 rings (SSSR count). The molecule has 0 saturated heterocycles. The van der Waals surface area contributed by atoms with Crippen LogP contribution in [0.3, 0.4) is 0 Å². The van der Waals surface area contributed by atoms with Gasteiger partial charge in [-0.2, -0.15) is 0 Å². The van der Waals surface area contributed by atoms with Gasteiger partial charge >= 0.3 is 5.97 Å². The van der Waals surface area contributed by atoms with Crippen molar-refractivity contribution in [1.29, 1.82) is 0 Å². The van der Waals surface area contributed by atoms with Gasteiger partial charge < -0.3 is 20.5 Å². The van der Waals surface area contributed by atoms with Gasteiger partial charge in [-0.25, -0.2) is 0 Å². The second-order valence-electron chi connectivity index (χ2n) is 5.80. The number of hydrogen-bond acceptors (Lipinski definition) is 5. The molecular weight excluding hydrogens is 280 g/mol. The fraction of sp³-hybridized carbons (Fsp3) is 0.588. The number of anilines is 1. The number of carbonyl (C=O) groups excluding carboxylic acids is 1. The lowest BCUT2D eigenvalue weighted by molar-refractivity contribution is -0.146. The lowest BCUT2D eigenvalue weighted by Gasteiger charge is -2.42. The highest BCUT2D eigenvalue weighted by Crippen LogP contribution is 2.34. The van der Waals surface area contributed by atoms with E-state index in [1.54, 1.807) is 14.0 Å². The molecule has 22 heavy (non-hydrogen) atoms. The molecule has 1 atom stereocenters. The molecule has 0 bridgehead atoms. The van der Waals surface area contributed by atoms with Crippen molar-refractivity contribution in [3.05, 3.63) is 24.3 Å². The molecule has 1 unspecified atom stereocenters. The first kappa shape index (κ1) is 16.6. The minimum Gasteiger partial charge on any atom is -0.497 e. The standard InChI is InChI=1S/C17H26N2O3/c1-3-22-16(20)15(18)17(11-5-4-6-12-17)19-13-7-9-14(21-2)10-8-13/h7-10,15,19H,3-6,11-12,18H2,1-2H3. The number of esters is 1. The first-order valence-corrected chi connectivity index (χ1v) is 7.96. The Balaban J connectivity index is 2.18.